The molecule has 9 heteroatoms. The molecule has 2 rings (SSSR count). The summed E-state index contributed by atoms with van der Waals surface area (Å²) in [4.78, 5) is 21.0. The van der Waals surface area contributed by atoms with Gasteiger partial charge in [0.05, 0.1) is 12.0 Å². The van der Waals surface area contributed by atoms with Crippen molar-refractivity contribution in [2.75, 3.05) is 13.7 Å². The monoisotopic (exact) mass is 334 g/mol. The van der Waals surface area contributed by atoms with Crippen molar-refractivity contribution in [1.29, 1.82) is 0 Å². The highest BCUT2D eigenvalue weighted by Gasteiger charge is 2.21. The molecule has 0 radical (unpaired) electrons. The first-order chi connectivity index (χ1) is 11.4. The van der Waals surface area contributed by atoms with Crippen LogP contribution in [0.15, 0.2) is 22.7 Å². The predicted molar refractivity (Wildman–Crippen MR) is 82.9 cm³/mol. The van der Waals surface area contributed by atoms with Crippen molar-refractivity contribution in [3.63, 3.8) is 0 Å². The van der Waals surface area contributed by atoms with Crippen LogP contribution >= 0.6 is 0 Å². The van der Waals surface area contributed by atoms with Crippen LogP contribution in [0, 0.1) is 17.0 Å². The molecule has 1 heterocycles. The first-order valence-electron chi connectivity index (χ1n) is 6.73. The largest absolute Gasteiger partial charge is 0.493 e. The Hall–Kier alpha value is -3.36. The van der Waals surface area contributed by atoms with Crippen LogP contribution in [0.3, 0.4) is 0 Å². The van der Waals surface area contributed by atoms with E-state index in [1.807, 2.05) is 0 Å². The highest BCUT2D eigenvalue weighted by Crippen LogP contribution is 2.30. The molecule has 1 aromatic heterocycles. The number of methoxy groups -OCH3 is 1. The lowest BCUT2D eigenvalue weighted by atomic mass is 10.1. The number of hydrogen-bond acceptors (Lipinski definition) is 7. The second kappa shape index (κ2) is 7.27. The maximum Gasteiger partial charge on any atom is 0.341 e. The van der Waals surface area contributed by atoms with E-state index in [1.165, 1.54) is 20.1 Å². The summed E-state index contributed by atoms with van der Waals surface area (Å²) >= 11 is 0. The molecule has 0 unspecified atom stereocenters. The summed E-state index contributed by atoms with van der Waals surface area (Å²) in [7, 11) is 1.42. The van der Waals surface area contributed by atoms with Gasteiger partial charge in [0.25, 0.3) is 0 Å². The van der Waals surface area contributed by atoms with Crippen LogP contribution in [0.5, 0.6) is 11.5 Å². The molecule has 9 nitrogen and oxygen atoms in total. The molecule has 0 saturated heterocycles. The van der Waals surface area contributed by atoms with Crippen LogP contribution in [0.25, 0.3) is 12.2 Å². The molecular formula is C15H14N2O7. The molecule has 0 aliphatic rings. The van der Waals surface area contributed by atoms with Crippen LogP contribution in [-0.2, 0) is 4.79 Å². The van der Waals surface area contributed by atoms with E-state index in [9.17, 15) is 14.9 Å². The summed E-state index contributed by atoms with van der Waals surface area (Å²) in [5.41, 5.74) is 0.646. The van der Waals surface area contributed by atoms with Gasteiger partial charge in [-0.2, -0.15) is 0 Å². The molecule has 0 amide bonds. The molecule has 0 fully saturated rings. The van der Waals surface area contributed by atoms with Crippen molar-refractivity contribution in [3.8, 4) is 11.5 Å². The number of carboxylic acid groups (broad SMARTS) is 1. The second-order valence-electron chi connectivity index (χ2n) is 4.66. The third kappa shape index (κ3) is 3.88. The van der Waals surface area contributed by atoms with Gasteiger partial charge in [0, 0.05) is 0 Å². The summed E-state index contributed by atoms with van der Waals surface area (Å²) in [6, 6.07) is 4.79. The smallest absolute Gasteiger partial charge is 0.341 e. The lowest BCUT2D eigenvalue weighted by Gasteiger charge is -2.09. The van der Waals surface area contributed by atoms with Crippen molar-refractivity contribution >= 4 is 23.8 Å². The lowest BCUT2D eigenvalue weighted by molar-refractivity contribution is -0.386. The Morgan fingerprint density at radius 3 is 2.79 bits per heavy atom. The van der Waals surface area contributed by atoms with Crippen LogP contribution in [0.1, 0.15) is 17.0 Å². The molecule has 0 atom stereocenters. The number of aryl methyl sites for hydroxylation is 1. The van der Waals surface area contributed by atoms with E-state index in [0.29, 0.717) is 11.3 Å². The number of nitro groups is 1. The van der Waals surface area contributed by atoms with Gasteiger partial charge in [-0.25, -0.2) is 4.79 Å². The summed E-state index contributed by atoms with van der Waals surface area (Å²) < 4.78 is 15.2. The molecule has 0 aliphatic carbocycles. The van der Waals surface area contributed by atoms with Gasteiger partial charge in [0.15, 0.2) is 23.8 Å². The van der Waals surface area contributed by atoms with E-state index in [4.69, 9.17) is 19.1 Å². The number of nitrogens with zero attached hydrogens (tertiary/aromatic N) is 2. The van der Waals surface area contributed by atoms with Gasteiger partial charge in [0.2, 0.25) is 5.76 Å². The van der Waals surface area contributed by atoms with Gasteiger partial charge in [-0.3, -0.25) is 10.1 Å². The van der Waals surface area contributed by atoms with Gasteiger partial charge < -0.3 is 19.1 Å². The van der Waals surface area contributed by atoms with Gasteiger partial charge in [0.1, 0.15) is 0 Å². The minimum atomic E-state index is -1.10. The van der Waals surface area contributed by atoms with Gasteiger partial charge in [-0.05, 0) is 30.7 Å². The fraction of sp³-hybridized carbons (Fsp3) is 0.200. The number of carboxylic acids is 1. The van der Waals surface area contributed by atoms with Crippen molar-refractivity contribution in [1.82, 2.24) is 5.16 Å². The van der Waals surface area contributed by atoms with Crippen molar-refractivity contribution in [2.45, 2.75) is 6.92 Å². The SMILES string of the molecule is COc1cc(/C=C\c2onc(C)c2[N+](=O)[O-])ccc1OCC(=O)O. The minimum absolute atomic E-state index is 0.0303. The van der Waals surface area contributed by atoms with Gasteiger partial charge in [-0.15, -0.1) is 0 Å². The number of aliphatic carboxylic acids is 1. The summed E-state index contributed by atoms with van der Waals surface area (Å²) in [5.74, 6) is -0.461. The molecule has 0 saturated carbocycles. The van der Waals surface area contributed by atoms with Crippen molar-refractivity contribution in [2.24, 2.45) is 0 Å². The molecular weight excluding hydrogens is 320 g/mol. The van der Waals surface area contributed by atoms with E-state index >= 15 is 0 Å². The third-order valence-electron chi connectivity index (χ3n) is 3.01. The molecule has 24 heavy (non-hydrogen) atoms. The predicted octanol–water partition coefficient (Wildman–Crippen LogP) is 2.53. The zero-order chi connectivity index (χ0) is 17.7. The molecule has 0 spiro atoms. The Kier molecular flexibility index (Phi) is 5.15. The number of ether oxygens (including phenoxy) is 2. The fourth-order valence-electron chi connectivity index (χ4n) is 1.93. The average molecular weight is 334 g/mol. The Morgan fingerprint density at radius 2 is 2.17 bits per heavy atom. The third-order valence-corrected chi connectivity index (χ3v) is 3.01. The molecule has 0 bridgehead atoms. The zero-order valence-electron chi connectivity index (χ0n) is 12.9. The Balaban J connectivity index is 2.24. The van der Waals surface area contributed by atoms with Crippen LogP contribution in [0.4, 0.5) is 5.69 Å². The van der Waals surface area contributed by atoms with Crippen LogP contribution in [-0.4, -0.2) is 34.9 Å². The van der Waals surface area contributed by atoms with E-state index in [1.54, 1.807) is 24.3 Å². The zero-order valence-corrected chi connectivity index (χ0v) is 12.9. The number of rotatable bonds is 7. The molecule has 2 aromatic rings. The van der Waals surface area contributed by atoms with E-state index in [0.717, 1.165) is 0 Å². The van der Waals surface area contributed by atoms with Crippen molar-refractivity contribution < 1.29 is 28.8 Å². The highest BCUT2D eigenvalue weighted by molar-refractivity contribution is 5.73. The Morgan fingerprint density at radius 1 is 1.42 bits per heavy atom. The molecule has 1 aromatic carbocycles. The van der Waals surface area contributed by atoms with E-state index < -0.39 is 17.5 Å². The lowest BCUT2D eigenvalue weighted by Crippen LogP contribution is -2.10. The van der Waals surface area contributed by atoms with E-state index in [-0.39, 0.29) is 22.9 Å². The highest BCUT2D eigenvalue weighted by atomic mass is 16.6. The minimum Gasteiger partial charge on any atom is -0.493 e. The topological polar surface area (TPSA) is 125 Å². The quantitative estimate of drug-likeness (QED) is 0.605. The van der Waals surface area contributed by atoms with Crippen LogP contribution in [0.2, 0.25) is 0 Å². The first kappa shape index (κ1) is 17.0. The van der Waals surface area contributed by atoms with Crippen molar-refractivity contribution in [3.05, 3.63) is 45.3 Å². The normalized spacial score (nSPS) is 10.8. The summed E-state index contributed by atoms with van der Waals surface area (Å²) in [5, 5.41) is 23.2. The van der Waals surface area contributed by atoms with Crippen LogP contribution < -0.4 is 9.47 Å². The fourth-order valence-corrected chi connectivity index (χ4v) is 1.93. The molecule has 1 N–H and O–H groups in total. The standard InChI is InChI=1S/C15H14N2O7/c1-9-15(17(20)21)12(24-16-9)6-4-10-3-5-11(13(7-10)22-2)23-8-14(18)19/h3-7H,8H2,1-2H3,(H,18,19)/b6-4-. The van der Waals surface area contributed by atoms with Gasteiger partial charge in [-0.1, -0.05) is 17.3 Å². The van der Waals surface area contributed by atoms with E-state index in [2.05, 4.69) is 5.16 Å². The molecule has 0 aliphatic heterocycles. The summed E-state index contributed by atoms with van der Waals surface area (Å²) in [6.07, 6.45) is 3.00. The Bertz CT molecular complexity index is 795. The number of aromatic nitrogens is 1. The number of hydrogen-bond donors (Lipinski definition) is 1. The molecule has 126 valence electrons. The second-order valence-corrected chi connectivity index (χ2v) is 4.66. The maximum atomic E-state index is 11.0. The number of benzene rings is 1. The maximum absolute atomic E-state index is 11.0. The van der Waals surface area contributed by atoms with Gasteiger partial charge >= 0.3 is 11.7 Å². The number of carbonyl (C=O) groups is 1. The Labute approximate surface area is 136 Å². The first-order valence-corrected chi connectivity index (χ1v) is 6.73. The average Bonchev–Trinajstić information content (AvgIpc) is 2.92. The summed E-state index contributed by atoms with van der Waals surface area (Å²) in [6.45, 7) is 0.992.